The number of hydrogen-bond acceptors (Lipinski definition) is 1. The van der Waals surface area contributed by atoms with E-state index in [2.05, 4.69) is 0 Å². The molecule has 0 unspecified atom stereocenters. The fourth-order valence-electron chi connectivity index (χ4n) is 2.11. The molecule has 0 saturated heterocycles. The van der Waals surface area contributed by atoms with Crippen LogP contribution in [0.1, 0.15) is 29.5 Å². The molecule has 0 heterocycles. The van der Waals surface area contributed by atoms with E-state index in [1.54, 1.807) is 0 Å². The lowest BCUT2D eigenvalue weighted by Gasteiger charge is -2.20. The highest BCUT2D eigenvalue weighted by Gasteiger charge is 2.16. The second-order valence-electron chi connectivity index (χ2n) is 3.74. The van der Waals surface area contributed by atoms with Gasteiger partial charge in [0, 0.05) is 5.69 Å². The molecule has 0 amide bonds. The third kappa shape index (κ3) is 1.30. The van der Waals surface area contributed by atoms with Gasteiger partial charge in [-0.05, 0) is 55.4 Å². The van der Waals surface area contributed by atoms with E-state index in [0.29, 0.717) is 5.69 Å². The zero-order valence-corrected chi connectivity index (χ0v) is 7.86. The molecule has 0 spiro atoms. The zero-order valence-electron chi connectivity index (χ0n) is 7.86. The summed E-state index contributed by atoms with van der Waals surface area (Å²) in [7, 11) is 0. The third-order valence-electron chi connectivity index (χ3n) is 2.91. The summed E-state index contributed by atoms with van der Waals surface area (Å²) in [5.41, 5.74) is 9.54. The van der Waals surface area contributed by atoms with Gasteiger partial charge in [0.25, 0.3) is 0 Å². The Morgan fingerprint density at radius 1 is 1.23 bits per heavy atom. The van der Waals surface area contributed by atoms with Gasteiger partial charge in [-0.1, -0.05) is 0 Å². The molecule has 2 rings (SSSR count). The Balaban J connectivity index is 2.63. The molecule has 1 nitrogen and oxygen atoms in total. The molecule has 70 valence electrons. The smallest absolute Gasteiger partial charge is 0.128 e. The maximum absolute atomic E-state index is 13.3. The summed E-state index contributed by atoms with van der Waals surface area (Å²) in [5.74, 6) is -0.154. The molecule has 1 aliphatic rings. The Hall–Kier alpha value is -1.05. The summed E-state index contributed by atoms with van der Waals surface area (Å²) in [6, 6.07) is 1.46. The maximum Gasteiger partial charge on any atom is 0.128 e. The second kappa shape index (κ2) is 3.02. The van der Waals surface area contributed by atoms with Gasteiger partial charge in [-0.2, -0.15) is 0 Å². The van der Waals surface area contributed by atoms with E-state index >= 15 is 0 Å². The van der Waals surface area contributed by atoms with Crippen LogP contribution in [-0.2, 0) is 12.8 Å². The second-order valence-corrected chi connectivity index (χ2v) is 3.74. The van der Waals surface area contributed by atoms with Gasteiger partial charge in [-0.15, -0.1) is 0 Å². The molecule has 1 aliphatic carbocycles. The Kier molecular flexibility index (Phi) is 1.98. The summed E-state index contributed by atoms with van der Waals surface area (Å²) < 4.78 is 13.3. The standard InChI is InChI=1S/C11H14FN/c1-7-8-4-2-3-5-9(8)11(13)6-10(7)12/h6H,2-5,13H2,1H3. The number of nitrogens with two attached hydrogens (primary N) is 1. The lowest BCUT2D eigenvalue weighted by Crippen LogP contribution is -2.09. The van der Waals surface area contributed by atoms with E-state index in [-0.39, 0.29) is 5.82 Å². The van der Waals surface area contributed by atoms with Crippen molar-refractivity contribution in [3.05, 3.63) is 28.6 Å². The molecular weight excluding hydrogens is 165 g/mol. The normalized spacial score (nSPS) is 15.5. The first-order chi connectivity index (χ1) is 6.20. The van der Waals surface area contributed by atoms with Gasteiger partial charge in [-0.25, -0.2) is 4.39 Å². The van der Waals surface area contributed by atoms with Crippen molar-refractivity contribution in [1.82, 2.24) is 0 Å². The van der Waals surface area contributed by atoms with Crippen molar-refractivity contribution >= 4 is 5.69 Å². The number of rotatable bonds is 0. The van der Waals surface area contributed by atoms with Crippen LogP contribution in [-0.4, -0.2) is 0 Å². The van der Waals surface area contributed by atoms with E-state index in [1.165, 1.54) is 18.1 Å². The predicted octanol–water partition coefficient (Wildman–Crippen LogP) is 2.60. The van der Waals surface area contributed by atoms with E-state index in [4.69, 9.17) is 5.73 Å². The van der Waals surface area contributed by atoms with Gasteiger partial charge in [0.15, 0.2) is 0 Å². The van der Waals surface area contributed by atoms with E-state index in [0.717, 1.165) is 30.4 Å². The van der Waals surface area contributed by atoms with Crippen LogP contribution in [0, 0.1) is 12.7 Å². The molecule has 0 bridgehead atoms. The first-order valence-electron chi connectivity index (χ1n) is 4.76. The topological polar surface area (TPSA) is 26.0 Å². The lowest BCUT2D eigenvalue weighted by molar-refractivity contribution is 0.604. The molecule has 0 fully saturated rings. The van der Waals surface area contributed by atoms with Gasteiger partial charge < -0.3 is 5.73 Å². The Morgan fingerprint density at radius 3 is 2.54 bits per heavy atom. The van der Waals surface area contributed by atoms with Crippen molar-refractivity contribution in [2.24, 2.45) is 0 Å². The molecule has 1 aromatic carbocycles. The molecule has 1 aromatic rings. The summed E-state index contributed by atoms with van der Waals surface area (Å²) in [6.45, 7) is 1.85. The highest BCUT2D eigenvalue weighted by atomic mass is 19.1. The van der Waals surface area contributed by atoms with E-state index in [1.807, 2.05) is 6.92 Å². The zero-order chi connectivity index (χ0) is 9.42. The number of nitrogen functional groups attached to an aromatic ring is 1. The number of anilines is 1. The number of benzene rings is 1. The van der Waals surface area contributed by atoms with Crippen molar-refractivity contribution in [2.45, 2.75) is 32.6 Å². The van der Waals surface area contributed by atoms with Crippen LogP contribution in [0.4, 0.5) is 10.1 Å². The van der Waals surface area contributed by atoms with Crippen LogP contribution in [0.2, 0.25) is 0 Å². The number of fused-ring (bicyclic) bond motifs is 1. The van der Waals surface area contributed by atoms with Crippen LogP contribution in [0.3, 0.4) is 0 Å². The van der Waals surface area contributed by atoms with Crippen LogP contribution in [0.5, 0.6) is 0 Å². The fourth-order valence-corrected chi connectivity index (χ4v) is 2.11. The van der Waals surface area contributed by atoms with Gasteiger partial charge >= 0.3 is 0 Å². The molecule has 0 aliphatic heterocycles. The largest absolute Gasteiger partial charge is 0.398 e. The molecule has 13 heavy (non-hydrogen) atoms. The van der Waals surface area contributed by atoms with Crippen molar-refractivity contribution in [2.75, 3.05) is 5.73 Å². The van der Waals surface area contributed by atoms with Crippen LogP contribution < -0.4 is 5.73 Å². The minimum Gasteiger partial charge on any atom is -0.398 e. The Bertz CT molecular complexity index is 344. The summed E-state index contributed by atoms with van der Waals surface area (Å²) >= 11 is 0. The van der Waals surface area contributed by atoms with E-state index in [9.17, 15) is 4.39 Å². The number of hydrogen-bond donors (Lipinski definition) is 1. The van der Waals surface area contributed by atoms with Crippen LogP contribution in [0.25, 0.3) is 0 Å². The van der Waals surface area contributed by atoms with Gasteiger partial charge in [0.1, 0.15) is 5.82 Å². The van der Waals surface area contributed by atoms with Crippen molar-refractivity contribution < 1.29 is 4.39 Å². The number of halogens is 1. The van der Waals surface area contributed by atoms with Crippen LogP contribution in [0.15, 0.2) is 6.07 Å². The highest BCUT2D eigenvalue weighted by Crippen LogP contribution is 2.30. The third-order valence-corrected chi connectivity index (χ3v) is 2.91. The molecule has 0 radical (unpaired) electrons. The van der Waals surface area contributed by atoms with Gasteiger partial charge in [-0.3, -0.25) is 0 Å². The predicted molar refractivity (Wildman–Crippen MR) is 52.2 cm³/mol. The van der Waals surface area contributed by atoms with Gasteiger partial charge in [0.2, 0.25) is 0 Å². The quantitative estimate of drug-likeness (QED) is 0.609. The van der Waals surface area contributed by atoms with Gasteiger partial charge in [0.05, 0.1) is 0 Å². The Labute approximate surface area is 77.8 Å². The molecule has 0 saturated carbocycles. The summed E-state index contributed by atoms with van der Waals surface area (Å²) in [6.07, 6.45) is 4.35. The van der Waals surface area contributed by atoms with E-state index < -0.39 is 0 Å². The highest BCUT2D eigenvalue weighted by molar-refractivity contribution is 5.55. The summed E-state index contributed by atoms with van der Waals surface area (Å²) in [5, 5.41) is 0. The first kappa shape index (κ1) is 8.54. The lowest BCUT2D eigenvalue weighted by atomic mass is 9.87. The van der Waals surface area contributed by atoms with Crippen molar-refractivity contribution in [1.29, 1.82) is 0 Å². The van der Waals surface area contributed by atoms with Crippen LogP contribution >= 0.6 is 0 Å². The van der Waals surface area contributed by atoms with Crippen molar-refractivity contribution in [3.8, 4) is 0 Å². The minimum absolute atomic E-state index is 0.154. The summed E-state index contributed by atoms with van der Waals surface area (Å²) in [4.78, 5) is 0. The maximum atomic E-state index is 13.3. The molecule has 2 N–H and O–H groups in total. The SMILES string of the molecule is Cc1c(F)cc(N)c2c1CCCC2. The Morgan fingerprint density at radius 2 is 1.85 bits per heavy atom. The fraction of sp³-hybridized carbons (Fsp3) is 0.455. The molecular formula is C11H14FN. The molecule has 2 heteroatoms. The average molecular weight is 179 g/mol. The average Bonchev–Trinajstić information content (AvgIpc) is 2.15. The van der Waals surface area contributed by atoms with Crippen molar-refractivity contribution in [3.63, 3.8) is 0 Å². The first-order valence-corrected chi connectivity index (χ1v) is 4.76. The molecule has 0 aromatic heterocycles. The minimum atomic E-state index is -0.154. The monoisotopic (exact) mass is 179 g/mol. The molecule has 0 atom stereocenters.